The molecule has 1 N–H and O–H groups in total. The van der Waals surface area contributed by atoms with Crippen molar-refractivity contribution >= 4 is 11.8 Å². The number of rotatable bonds is 5. The van der Waals surface area contributed by atoms with Crippen molar-refractivity contribution in [2.75, 3.05) is 5.75 Å². The lowest BCUT2D eigenvalue weighted by Gasteiger charge is -2.12. The van der Waals surface area contributed by atoms with E-state index >= 15 is 0 Å². The van der Waals surface area contributed by atoms with Gasteiger partial charge in [0.1, 0.15) is 11.9 Å². The third-order valence-electron chi connectivity index (χ3n) is 2.59. The van der Waals surface area contributed by atoms with Crippen molar-refractivity contribution in [3.05, 3.63) is 48.0 Å². The number of hydrogen-bond donors (Lipinski definition) is 1. The van der Waals surface area contributed by atoms with E-state index in [-0.39, 0.29) is 5.82 Å². The molecule has 2 aromatic rings. The van der Waals surface area contributed by atoms with Gasteiger partial charge in [-0.25, -0.2) is 4.39 Å². The number of aryl methyl sites for hydroxylation is 1. The molecule has 0 fully saturated rings. The zero-order valence-corrected chi connectivity index (χ0v) is 10.9. The van der Waals surface area contributed by atoms with Crippen LogP contribution in [0, 0.1) is 5.82 Å². The van der Waals surface area contributed by atoms with Gasteiger partial charge < -0.3 is 5.11 Å². The van der Waals surface area contributed by atoms with Crippen molar-refractivity contribution in [2.24, 2.45) is 0 Å². The van der Waals surface area contributed by atoms with E-state index in [0.29, 0.717) is 5.75 Å². The maximum atomic E-state index is 13.0. The monoisotopic (exact) mass is 266 g/mol. The highest BCUT2D eigenvalue weighted by Crippen LogP contribution is 2.25. The molecule has 0 amide bonds. The van der Waals surface area contributed by atoms with Crippen molar-refractivity contribution < 1.29 is 9.50 Å². The number of benzene rings is 1. The topological polar surface area (TPSA) is 38.0 Å². The second kappa shape index (κ2) is 6.02. The molecule has 0 saturated heterocycles. The van der Waals surface area contributed by atoms with Gasteiger partial charge in [0.25, 0.3) is 0 Å². The molecule has 1 aromatic heterocycles. The lowest BCUT2D eigenvalue weighted by Crippen LogP contribution is -2.09. The Morgan fingerprint density at radius 3 is 3.00 bits per heavy atom. The third-order valence-corrected chi connectivity index (χ3v) is 3.66. The van der Waals surface area contributed by atoms with Crippen LogP contribution in [0.5, 0.6) is 0 Å². The number of nitrogens with zero attached hydrogens (tertiary/aromatic N) is 2. The van der Waals surface area contributed by atoms with Crippen molar-refractivity contribution in [2.45, 2.75) is 24.5 Å². The van der Waals surface area contributed by atoms with Crippen molar-refractivity contribution in [3.8, 4) is 0 Å². The summed E-state index contributed by atoms with van der Waals surface area (Å²) in [5.41, 5.74) is 0.793. The fraction of sp³-hybridized carbons (Fsp3) is 0.308. The summed E-state index contributed by atoms with van der Waals surface area (Å²) in [6.45, 7) is 2.70. The number of halogens is 1. The molecule has 1 unspecified atom stereocenters. The van der Waals surface area contributed by atoms with Gasteiger partial charge in [0, 0.05) is 23.4 Å². The minimum absolute atomic E-state index is 0.256. The maximum absolute atomic E-state index is 13.0. The van der Waals surface area contributed by atoms with E-state index in [0.717, 1.165) is 17.1 Å². The zero-order valence-electron chi connectivity index (χ0n) is 10.1. The second-order valence-electron chi connectivity index (χ2n) is 3.86. The molecule has 1 heterocycles. The molecule has 0 aliphatic rings. The standard InChI is InChI=1S/C13H15FN2OS/c1-2-16-12(6-7-15-16)13(17)9-18-11-5-3-4-10(14)8-11/h3-8,13,17H,2,9H2,1H3. The molecule has 0 spiro atoms. The summed E-state index contributed by atoms with van der Waals surface area (Å²) in [5.74, 6) is 0.225. The van der Waals surface area contributed by atoms with Crippen LogP contribution >= 0.6 is 11.8 Å². The Labute approximate surface area is 110 Å². The lowest BCUT2D eigenvalue weighted by atomic mass is 10.3. The van der Waals surface area contributed by atoms with Gasteiger partial charge in [0.15, 0.2) is 0 Å². The molecule has 96 valence electrons. The Morgan fingerprint density at radius 2 is 2.28 bits per heavy atom. The van der Waals surface area contributed by atoms with Crippen LogP contribution in [0.1, 0.15) is 18.7 Å². The minimum Gasteiger partial charge on any atom is -0.386 e. The summed E-state index contributed by atoms with van der Waals surface area (Å²) in [4.78, 5) is 0.816. The second-order valence-corrected chi connectivity index (χ2v) is 4.95. The fourth-order valence-corrected chi connectivity index (χ4v) is 2.60. The van der Waals surface area contributed by atoms with Crippen LogP contribution in [-0.4, -0.2) is 20.6 Å². The van der Waals surface area contributed by atoms with Crippen LogP contribution in [0.2, 0.25) is 0 Å². The van der Waals surface area contributed by atoms with Gasteiger partial charge in [0.05, 0.1) is 5.69 Å². The molecule has 2 rings (SSSR count). The van der Waals surface area contributed by atoms with Crippen LogP contribution < -0.4 is 0 Å². The number of aliphatic hydroxyl groups is 1. The first-order valence-corrected chi connectivity index (χ1v) is 6.77. The van der Waals surface area contributed by atoms with E-state index in [9.17, 15) is 9.50 Å². The van der Waals surface area contributed by atoms with E-state index in [4.69, 9.17) is 0 Å². The van der Waals surface area contributed by atoms with E-state index in [1.54, 1.807) is 23.0 Å². The molecule has 1 atom stereocenters. The van der Waals surface area contributed by atoms with Crippen LogP contribution in [-0.2, 0) is 6.54 Å². The van der Waals surface area contributed by atoms with E-state index < -0.39 is 6.10 Å². The van der Waals surface area contributed by atoms with Crippen molar-refractivity contribution in [3.63, 3.8) is 0 Å². The molecule has 0 aliphatic heterocycles. The molecule has 0 aliphatic carbocycles. The van der Waals surface area contributed by atoms with E-state index in [1.807, 2.05) is 13.0 Å². The molecule has 18 heavy (non-hydrogen) atoms. The first-order valence-electron chi connectivity index (χ1n) is 5.79. The number of aromatic nitrogens is 2. The van der Waals surface area contributed by atoms with Crippen LogP contribution in [0.4, 0.5) is 4.39 Å². The molecular weight excluding hydrogens is 251 g/mol. The normalized spacial score (nSPS) is 12.6. The first-order chi connectivity index (χ1) is 8.70. The van der Waals surface area contributed by atoms with Gasteiger partial charge >= 0.3 is 0 Å². The summed E-state index contributed by atoms with van der Waals surface area (Å²) in [5, 5.41) is 14.2. The summed E-state index contributed by atoms with van der Waals surface area (Å²) >= 11 is 1.43. The van der Waals surface area contributed by atoms with E-state index in [2.05, 4.69) is 5.10 Å². The minimum atomic E-state index is -0.597. The van der Waals surface area contributed by atoms with Crippen LogP contribution in [0.25, 0.3) is 0 Å². The first kappa shape index (κ1) is 13.1. The molecule has 0 radical (unpaired) electrons. The smallest absolute Gasteiger partial charge is 0.124 e. The highest BCUT2D eigenvalue weighted by molar-refractivity contribution is 7.99. The summed E-state index contributed by atoms with van der Waals surface area (Å²) in [7, 11) is 0. The number of aliphatic hydroxyl groups excluding tert-OH is 1. The fourth-order valence-electron chi connectivity index (χ4n) is 1.71. The summed E-state index contributed by atoms with van der Waals surface area (Å²) in [6, 6.07) is 8.18. The van der Waals surface area contributed by atoms with Crippen LogP contribution in [0.15, 0.2) is 41.4 Å². The van der Waals surface area contributed by atoms with E-state index in [1.165, 1.54) is 23.9 Å². The molecule has 0 bridgehead atoms. The zero-order chi connectivity index (χ0) is 13.0. The Morgan fingerprint density at radius 1 is 1.44 bits per heavy atom. The van der Waals surface area contributed by atoms with Gasteiger partial charge in [-0.05, 0) is 31.2 Å². The average molecular weight is 266 g/mol. The Hall–Kier alpha value is -1.33. The SMILES string of the molecule is CCn1nccc1C(O)CSc1cccc(F)c1. The van der Waals surface area contributed by atoms with Crippen molar-refractivity contribution in [1.29, 1.82) is 0 Å². The molecule has 5 heteroatoms. The molecular formula is C13H15FN2OS. The number of thioether (sulfide) groups is 1. The van der Waals surface area contributed by atoms with Crippen LogP contribution in [0.3, 0.4) is 0 Å². The highest BCUT2D eigenvalue weighted by Gasteiger charge is 2.12. The maximum Gasteiger partial charge on any atom is 0.124 e. The largest absolute Gasteiger partial charge is 0.386 e. The predicted molar refractivity (Wildman–Crippen MR) is 70.0 cm³/mol. The third kappa shape index (κ3) is 3.11. The Bertz CT molecular complexity index is 515. The quantitative estimate of drug-likeness (QED) is 0.846. The summed E-state index contributed by atoms with van der Waals surface area (Å²) < 4.78 is 14.8. The van der Waals surface area contributed by atoms with Gasteiger partial charge in [-0.1, -0.05) is 6.07 Å². The predicted octanol–water partition coefficient (Wildman–Crippen LogP) is 2.87. The molecule has 1 aromatic carbocycles. The average Bonchev–Trinajstić information content (AvgIpc) is 2.84. The van der Waals surface area contributed by atoms with Gasteiger partial charge in [-0.2, -0.15) is 5.10 Å². The molecule has 3 nitrogen and oxygen atoms in total. The molecule has 0 saturated carbocycles. The Balaban J connectivity index is 1.98. The highest BCUT2D eigenvalue weighted by atomic mass is 32.2. The van der Waals surface area contributed by atoms with Gasteiger partial charge in [-0.3, -0.25) is 4.68 Å². The summed E-state index contributed by atoms with van der Waals surface area (Å²) in [6.07, 6.45) is 1.08. The number of hydrogen-bond acceptors (Lipinski definition) is 3. The van der Waals surface area contributed by atoms with Gasteiger partial charge in [-0.15, -0.1) is 11.8 Å². The Kier molecular flexibility index (Phi) is 4.38. The lowest BCUT2D eigenvalue weighted by molar-refractivity contribution is 0.192. The van der Waals surface area contributed by atoms with Gasteiger partial charge in [0.2, 0.25) is 0 Å². The van der Waals surface area contributed by atoms with Crippen molar-refractivity contribution in [1.82, 2.24) is 9.78 Å².